The van der Waals surface area contributed by atoms with Gasteiger partial charge in [-0.1, -0.05) is 0 Å². The molecule has 0 aliphatic rings. The predicted molar refractivity (Wildman–Crippen MR) is 27.4 cm³/mol. The molecular weight excluding hydrogens is 190 g/mol. The molecule has 0 rings (SSSR count). The monoisotopic (exact) mass is 197 g/mol. The van der Waals surface area contributed by atoms with E-state index >= 15 is 0 Å². The molecule has 0 heterocycles. The molecule has 0 nitrogen and oxygen atoms in total. The zero-order chi connectivity index (χ0) is 3.41. The van der Waals surface area contributed by atoms with Crippen molar-refractivity contribution in [3.8, 4) is 0 Å². The summed E-state index contributed by atoms with van der Waals surface area (Å²) < 4.78 is 0. The summed E-state index contributed by atoms with van der Waals surface area (Å²) in [6.45, 7) is 5.36. The van der Waals surface area contributed by atoms with Crippen LogP contribution in [-0.4, -0.2) is 0 Å². The average Bonchev–Trinajstić information content (AvgIpc) is 1.37. The van der Waals surface area contributed by atoms with Crippen LogP contribution in [0.4, 0.5) is 0 Å². The van der Waals surface area contributed by atoms with Crippen molar-refractivity contribution in [2.45, 2.75) is 6.92 Å². The van der Waals surface area contributed by atoms with Crippen LogP contribution in [0.1, 0.15) is 6.92 Å². The maximum absolute atomic E-state index is 3.42. The molecule has 0 aliphatic carbocycles. The molecule has 0 saturated carbocycles. The summed E-state index contributed by atoms with van der Waals surface area (Å²) in [5, 5.41) is 0. The fourth-order valence-electron chi connectivity index (χ4n) is 0. The fourth-order valence-corrected chi connectivity index (χ4v) is 0. The Hall–Kier alpha value is 0.562. The molecule has 42 valence electrons. The third-order valence-electron chi connectivity index (χ3n) is 0.236. The maximum atomic E-state index is 3.42. The average molecular weight is 198 g/mol. The van der Waals surface area contributed by atoms with Gasteiger partial charge >= 0.3 is 0 Å². The van der Waals surface area contributed by atoms with Gasteiger partial charge in [0.05, 0.1) is 0 Å². The van der Waals surface area contributed by atoms with Crippen molar-refractivity contribution < 1.29 is 20.4 Å². The van der Waals surface area contributed by atoms with E-state index in [9.17, 15) is 0 Å². The van der Waals surface area contributed by atoms with E-state index in [0.717, 1.165) is 0 Å². The molecule has 0 N–H and O–H groups in total. The minimum absolute atomic E-state index is 0. The van der Waals surface area contributed by atoms with E-state index in [4.69, 9.17) is 0 Å². The summed E-state index contributed by atoms with van der Waals surface area (Å²) in [6, 6.07) is 0. The van der Waals surface area contributed by atoms with Crippen LogP contribution in [-0.2, 0) is 20.4 Å². The Morgan fingerprint density at radius 1 is 1.67 bits per heavy atom. The van der Waals surface area contributed by atoms with Gasteiger partial charge in [-0.15, -0.1) is 19.3 Å². The normalized spacial score (nSPS) is 3.50. The Balaban J connectivity index is -0.0000000450. The van der Waals surface area contributed by atoms with Crippen molar-refractivity contribution in [1.29, 1.82) is 0 Å². The van der Waals surface area contributed by atoms with Gasteiger partial charge in [-0.25, -0.2) is 19.1 Å². The Morgan fingerprint density at radius 2 is 1.83 bits per heavy atom. The summed E-state index contributed by atoms with van der Waals surface area (Å²) >= 11 is 0. The molecule has 0 radical (unpaired) electrons. The molecule has 0 aromatic rings. The molecule has 0 fully saturated rings. The fraction of sp³-hybridized carbons (Fsp3) is 0.250. The molecule has 0 unspecified atom stereocenters. The zero-order valence-corrected chi connectivity index (χ0v) is 5.96. The first-order valence-electron chi connectivity index (χ1n) is 1.32. The van der Waals surface area contributed by atoms with Crippen LogP contribution >= 0.6 is 12.4 Å². The van der Waals surface area contributed by atoms with E-state index in [1.165, 1.54) is 0 Å². The van der Waals surface area contributed by atoms with Crippen LogP contribution in [0.2, 0.25) is 0 Å². The molecule has 0 bridgehead atoms. The Morgan fingerprint density at radius 3 is 1.83 bits per heavy atom. The van der Waals surface area contributed by atoms with Crippen molar-refractivity contribution in [2.24, 2.45) is 0 Å². The number of rotatable bonds is 1. The zero-order valence-electron chi connectivity index (χ0n) is 3.59. The van der Waals surface area contributed by atoms with E-state index in [1.807, 2.05) is 13.3 Å². The van der Waals surface area contributed by atoms with Gasteiger partial charge < -0.3 is 0 Å². The molecule has 0 amide bonds. The summed E-state index contributed by atoms with van der Waals surface area (Å²) in [4.78, 5) is 0. The quantitative estimate of drug-likeness (QED) is 0.445. The second-order valence-electron chi connectivity index (χ2n) is 0.569. The molecule has 0 aliphatic heterocycles. The number of hydrogen-bond acceptors (Lipinski definition) is 0. The Bertz CT molecular complexity index is 21.5. The topological polar surface area (TPSA) is 0 Å². The Labute approximate surface area is 59.1 Å². The van der Waals surface area contributed by atoms with Crippen molar-refractivity contribution in [3.05, 3.63) is 19.1 Å². The van der Waals surface area contributed by atoms with E-state index in [0.29, 0.717) is 0 Å². The van der Waals surface area contributed by atoms with E-state index < -0.39 is 0 Å². The van der Waals surface area contributed by atoms with E-state index in [-0.39, 0.29) is 32.8 Å². The van der Waals surface area contributed by atoms with Crippen molar-refractivity contribution in [2.75, 3.05) is 0 Å². The Kier molecular flexibility index (Phi) is 47.0. The number of hydrogen-bond donors (Lipinski definition) is 0. The SMILES string of the molecule is C=C[CH-]C.Cl.[Pd]. The van der Waals surface area contributed by atoms with E-state index in [2.05, 4.69) is 6.58 Å². The van der Waals surface area contributed by atoms with Crippen molar-refractivity contribution >= 4 is 12.4 Å². The van der Waals surface area contributed by atoms with Crippen LogP contribution in [0.15, 0.2) is 12.7 Å². The molecule has 0 aromatic carbocycles. The molecule has 0 spiro atoms. The summed E-state index contributed by atoms with van der Waals surface area (Å²) in [5.41, 5.74) is 0. The van der Waals surface area contributed by atoms with Gasteiger partial charge in [0, 0.05) is 20.4 Å². The summed E-state index contributed by atoms with van der Waals surface area (Å²) in [5.74, 6) is 0. The van der Waals surface area contributed by atoms with Gasteiger partial charge in [0.2, 0.25) is 0 Å². The molecule has 0 saturated heterocycles. The number of allylic oxidation sites excluding steroid dienone is 1. The minimum Gasteiger partial charge on any atom is -0.245 e. The molecule has 0 atom stereocenters. The van der Waals surface area contributed by atoms with Crippen LogP contribution in [0.25, 0.3) is 0 Å². The second-order valence-corrected chi connectivity index (χ2v) is 0.569. The third-order valence-corrected chi connectivity index (χ3v) is 0.236. The maximum Gasteiger partial charge on any atom is 0 e. The minimum atomic E-state index is 0. The van der Waals surface area contributed by atoms with Gasteiger partial charge in [0.15, 0.2) is 0 Å². The van der Waals surface area contributed by atoms with Gasteiger partial charge in [0.1, 0.15) is 0 Å². The first-order valence-corrected chi connectivity index (χ1v) is 1.32. The van der Waals surface area contributed by atoms with Crippen LogP contribution in [0.3, 0.4) is 0 Å². The predicted octanol–water partition coefficient (Wildman–Crippen LogP) is 1.82. The van der Waals surface area contributed by atoms with Crippen LogP contribution in [0.5, 0.6) is 0 Å². The number of halogens is 1. The molecule has 0 aromatic heterocycles. The first-order chi connectivity index (χ1) is 1.91. The summed E-state index contributed by atoms with van der Waals surface area (Å²) in [6.07, 6.45) is 3.64. The largest absolute Gasteiger partial charge is 0.245 e. The smallest absolute Gasteiger partial charge is 0 e. The standard InChI is InChI=1S/C4H7.ClH.Pd/c1-3-4-2;;/h3-4H,1H2,2H3;1H;/q-1;;. The van der Waals surface area contributed by atoms with Gasteiger partial charge in [-0.2, -0.15) is 0 Å². The third kappa shape index (κ3) is 23.7. The molecule has 2 heteroatoms. The van der Waals surface area contributed by atoms with E-state index in [1.54, 1.807) is 6.08 Å². The van der Waals surface area contributed by atoms with Crippen molar-refractivity contribution in [3.63, 3.8) is 0 Å². The van der Waals surface area contributed by atoms with Gasteiger partial charge in [0.25, 0.3) is 0 Å². The van der Waals surface area contributed by atoms with Crippen LogP contribution in [0, 0.1) is 6.42 Å². The first kappa shape index (κ1) is 16.0. The molecular formula is C4H8ClPd-. The second kappa shape index (κ2) is 17.6. The summed E-state index contributed by atoms with van der Waals surface area (Å²) in [7, 11) is 0. The van der Waals surface area contributed by atoms with Crippen LogP contribution < -0.4 is 0 Å². The van der Waals surface area contributed by atoms with Gasteiger partial charge in [-0.05, 0) is 0 Å². The molecule has 6 heavy (non-hydrogen) atoms. The van der Waals surface area contributed by atoms with Crippen molar-refractivity contribution in [1.82, 2.24) is 0 Å². The van der Waals surface area contributed by atoms with Gasteiger partial charge in [-0.3, -0.25) is 0 Å².